The Morgan fingerprint density at radius 1 is 1.28 bits per heavy atom. The highest BCUT2D eigenvalue weighted by Crippen LogP contribution is 2.38. The first-order chi connectivity index (χ1) is 8.28. The van der Waals surface area contributed by atoms with Gasteiger partial charge in [-0.2, -0.15) is 4.72 Å². The van der Waals surface area contributed by atoms with Gasteiger partial charge in [-0.1, -0.05) is 29.3 Å². The van der Waals surface area contributed by atoms with Gasteiger partial charge in [0.2, 0.25) is 10.0 Å². The normalized spacial score (nSPS) is 17.4. The predicted octanol–water partition coefficient (Wildman–Crippen LogP) is 1.89. The molecule has 0 heterocycles. The smallest absolute Gasteiger partial charge is 0.324 e. The number of nitrogens with one attached hydrogen (secondary N) is 1. The standard InChI is InChI=1S/C10H9Cl2NO4S/c11-6-2-1-3-7(12)8(6)18(16,17)13-10(4-5-10)9(14)15/h1-3,13H,4-5H2,(H,14,15). The second-order valence-electron chi connectivity index (χ2n) is 4.04. The average molecular weight is 310 g/mol. The molecule has 2 N–H and O–H groups in total. The van der Waals surface area contributed by atoms with Gasteiger partial charge < -0.3 is 5.11 Å². The molecule has 0 unspecified atom stereocenters. The summed E-state index contributed by atoms with van der Waals surface area (Å²) >= 11 is 11.6. The van der Waals surface area contributed by atoms with Crippen LogP contribution in [0, 0.1) is 0 Å². The molecule has 0 aromatic heterocycles. The van der Waals surface area contributed by atoms with Crippen molar-refractivity contribution in [1.29, 1.82) is 0 Å². The molecule has 18 heavy (non-hydrogen) atoms. The summed E-state index contributed by atoms with van der Waals surface area (Å²) in [5.74, 6) is -1.20. The first kappa shape index (κ1) is 13.6. The van der Waals surface area contributed by atoms with Crippen molar-refractivity contribution < 1.29 is 18.3 Å². The Balaban J connectivity index is 2.41. The van der Waals surface area contributed by atoms with Crippen LogP contribution in [0.3, 0.4) is 0 Å². The molecule has 98 valence electrons. The number of hydrogen-bond donors (Lipinski definition) is 2. The number of carboxylic acids is 1. The number of benzene rings is 1. The molecule has 0 bridgehead atoms. The lowest BCUT2D eigenvalue weighted by molar-refractivity contribution is -0.140. The van der Waals surface area contributed by atoms with Crippen LogP contribution >= 0.6 is 23.2 Å². The Kier molecular flexibility index (Phi) is 3.31. The summed E-state index contributed by atoms with van der Waals surface area (Å²) in [4.78, 5) is 10.7. The Labute approximate surface area is 114 Å². The number of halogens is 2. The van der Waals surface area contributed by atoms with E-state index in [4.69, 9.17) is 28.3 Å². The van der Waals surface area contributed by atoms with E-state index < -0.39 is 21.5 Å². The molecular formula is C10H9Cl2NO4S. The molecule has 5 nitrogen and oxygen atoms in total. The van der Waals surface area contributed by atoms with Gasteiger partial charge in [0.05, 0.1) is 10.0 Å². The maximum absolute atomic E-state index is 12.1. The largest absolute Gasteiger partial charge is 0.480 e. The van der Waals surface area contributed by atoms with E-state index in [2.05, 4.69) is 4.72 Å². The highest BCUT2D eigenvalue weighted by Gasteiger charge is 2.53. The molecule has 8 heteroatoms. The first-order valence-corrected chi connectivity index (χ1v) is 7.24. The predicted molar refractivity (Wildman–Crippen MR) is 66.4 cm³/mol. The molecule has 0 amide bonds. The molecule has 0 spiro atoms. The quantitative estimate of drug-likeness (QED) is 0.889. The summed E-state index contributed by atoms with van der Waals surface area (Å²) in [5, 5.41) is 8.87. The Bertz CT molecular complexity index is 590. The molecule has 1 aromatic carbocycles. The monoisotopic (exact) mass is 309 g/mol. The summed E-state index contributed by atoms with van der Waals surface area (Å²) in [7, 11) is -4.06. The minimum atomic E-state index is -4.06. The van der Waals surface area contributed by atoms with E-state index in [9.17, 15) is 13.2 Å². The zero-order valence-corrected chi connectivity index (χ0v) is 11.3. The van der Waals surface area contributed by atoms with Crippen LogP contribution in [-0.4, -0.2) is 25.0 Å². The van der Waals surface area contributed by atoms with E-state index >= 15 is 0 Å². The third kappa shape index (κ3) is 2.33. The molecule has 1 saturated carbocycles. The van der Waals surface area contributed by atoms with E-state index in [1.807, 2.05) is 0 Å². The number of carboxylic acid groups (broad SMARTS) is 1. The van der Waals surface area contributed by atoms with E-state index in [1.54, 1.807) is 0 Å². The van der Waals surface area contributed by atoms with Gasteiger partial charge in [-0.25, -0.2) is 8.42 Å². The van der Waals surface area contributed by atoms with Crippen molar-refractivity contribution in [2.24, 2.45) is 0 Å². The highest BCUT2D eigenvalue weighted by atomic mass is 35.5. The molecular weight excluding hydrogens is 301 g/mol. The van der Waals surface area contributed by atoms with Crippen LogP contribution in [0.1, 0.15) is 12.8 Å². The van der Waals surface area contributed by atoms with Crippen molar-refractivity contribution >= 4 is 39.2 Å². The summed E-state index contributed by atoms with van der Waals surface area (Å²) in [6.45, 7) is 0. The van der Waals surface area contributed by atoms with Gasteiger partial charge in [0, 0.05) is 0 Å². The van der Waals surface area contributed by atoms with Crippen molar-refractivity contribution in [2.45, 2.75) is 23.3 Å². The number of hydrogen-bond acceptors (Lipinski definition) is 3. The molecule has 1 aliphatic carbocycles. The summed E-state index contributed by atoms with van der Waals surface area (Å²) < 4.78 is 26.3. The third-order valence-corrected chi connectivity index (χ3v) is 5.17. The van der Waals surface area contributed by atoms with Crippen molar-refractivity contribution in [3.63, 3.8) is 0 Å². The van der Waals surface area contributed by atoms with Gasteiger partial charge in [0.25, 0.3) is 0 Å². The maximum atomic E-state index is 12.1. The fourth-order valence-corrected chi connectivity index (χ4v) is 4.10. The second kappa shape index (κ2) is 4.38. The van der Waals surface area contributed by atoms with Crippen LogP contribution in [0.25, 0.3) is 0 Å². The zero-order chi connectivity index (χ0) is 13.6. The average Bonchev–Trinajstić information content (AvgIpc) is 2.97. The number of carbonyl (C=O) groups is 1. The van der Waals surface area contributed by atoms with E-state index in [1.165, 1.54) is 18.2 Å². The minimum Gasteiger partial charge on any atom is -0.480 e. The lowest BCUT2D eigenvalue weighted by Gasteiger charge is -2.14. The zero-order valence-electron chi connectivity index (χ0n) is 8.98. The van der Waals surface area contributed by atoms with Crippen molar-refractivity contribution in [1.82, 2.24) is 4.72 Å². The maximum Gasteiger partial charge on any atom is 0.324 e. The Morgan fingerprint density at radius 3 is 2.17 bits per heavy atom. The van der Waals surface area contributed by atoms with Crippen molar-refractivity contribution in [3.8, 4) is 0 Å². The van der Waals surface area contributed by atoms with Gasteiger partial charge in [-0.05, 0) is 25.0 Å². The minimum absolute atomic E-state index is 0.0452. The number of sulfonamides is 1. The van der Waals surface area contributed by atoms with E-state index in [0.717, 1.165) is 0 Å². The molecule has 1 aliphatic rings. The molecule has 0 radical (unpaired) electrons. The molecule has 0 aliphatic heterocycles. The topological polar surface area (TPSA) is 83.5 Å². The van der Waals surface area contributed by atoms with Crippen molar-refractivity contribution in [3.05, 3.63) is 28.2 Å². The molecule has 0 atom stereocenters. The first-order valence-electron chi connectivity index (χ1n) is 5.00. The highest BCUT2D eigenvalue weighted by molar-refractivity contribution is 7.89. The molecule has 2 rings (SSSR count). The second-order valence-corrected chi connectivity index (χ2v) is 6.48. The lowest BCUT2D eigenvalue weighted by Crippen LogP contribution is -2.43. The van der Waals surface area contributed by atoms with E-state index in [0.29, 0.717) is 0 Å². The van der Waals surface area contributed by atoms with Gasteiger partial charge in [0.15, 0.2) is 0 Å². The molecule has 1 fully saturated rings. The molecule has 1 aromatic rings. The van der Waals surface area contributed by atoms with Crippen LogP contribution in [0.5, 0.6) is 0 Å². The fourth-order valence-electron chi connectivity index (χ4n) is 1.53. The van der Waals surface area contributed by atoms with Gasteiger partial charge in [-0.3, -0.25) is 4.79 Å². The number of rotatable bonds is 4. The third-order valence-electron chi connectivity index (χ3n) is 2.68. The van der Waals surface area contributed by atoms with Gasteiger partial charge >= 0.3 is 5.97 Å². The van der Waals surface area contributed by atoms with Crippen LogP contribution in [0.4, 0.5) is 0 Å². The Morgan fingerprint density at radius 2 is 1.78 bits per heavy atom. The van der Waals surface area contributed by atoms with Gasteiger partial charge in [0.1, 0.15) is 10.4 Å². The summed E-state index contributed by atoms with van der Waals surface area (Å²) in [6.07, 6.45) is 0.507. The van der Waals surface area contributed by atoms with Crippen LogP contribution in [-0.2, 0) is 14.8 Å². The Hall–Kier alpha value is -0.820. The fraction of sp³-hybridized carbons (Fsp3) is 0.300. The van der Waals surface area contributed by atoms with E-state index in [-0.39, 0.29) is 27.8 Å². The summed E-state index contributed by atoms with van der Waals surface area (Å²) in [6, 6.07) is 4.26. The lowest BCUT2D eigenvalue weighted by atomic mass is 10.3. The number of aliphatic carboxylic acids is 1. The van der Waals surface area contributed by atoms with Crippen LogP contribution in [0.15, 0.2) is 23.1 Å². The molecule has 0 saturated heterocycles. The summed E-state index contributed by atoms with van der Waals surface area (Å²) in [5.41, 5.74) is -1.42. The van der Waals surface area contributed by atoms with Crippen LogP contribution < -0.4 is 4.72 Å². The van der Waals surface area contributed by atoms with Crippen molar-refractivity contribution in [2.75, 3.05) is 0 Å². The van der Waals surface area contributed by atoms with Crippen LogP contribution in [0.2, 0.25) is 10.0 Å². The SMILES string of the molecule is O=C(O)C1(NS(=O)(=O)c2c(Cl)cccc2Cl)CC1. The van der Waals surface area contributed by atoms with Gasteiger partial charge in [-0.15, -0.1) is 0 Å².